The maximum Gasteiger partial charge on any atom is 0.356 e. The predicted octanol–water partition coefficient (Wildman–Crippen LogP) is -0.0315. The van der Waals surface area contributed by atoms with Gasteiger partial charge in [0.15, 0.2) is 5.82 Å². The van der Waals surface area contributed by atoms with Crippen molar-refractivity contribution < 1.29 is 14.3 Å². The van der Waals surface area contributed by atoms with Crippen LogP contribution in [0.25, 0.3) is 0 Å². The number of aromatic amines is 1. The van der Waals surface area contributed by atoms with Crippen molar-refractivity contribution in [3.8, 4) is 0 Å². The Morgan fingerprint density at radius 3 is 2.62 bits per heavy atom. The number of rotatable bonds is 2. The van der Waals surface area contributed by atoms with Crippen LogP contribution in [0, 0.1) is 0 Å². The van der Waals surface area contributed by atoms with E-state index in [0.29, 0.717) is 0 Å². The summed E-state index contributed by atoms with van der Waals surface area (Å²) in [4.78, 5) is 28.8. The van der Waals surface area contributed by atoms with Gasteiger partial charge in [-0.3, -0.25) is 10.2 Å². The van der Waals surface area contributed by atoms with Gasteiger partial charge in [-0.2, -0.15) is 0 Å². The molecule has 0 spiro atoms. The van der Waals surface area contributed by atoms with Crippen molar-refractivity contribution in [2.24, 2.45) is 5.84 Å². The summed E-state index contributed by atoms with van der Waals surface area (Å²) in [6, 6.07) is 0. The third-order valence-electron chi connectivity index (χ3n) is 1.54. The molecule has 0 aromatic carbocycles. The van der Waals surface area contributed by atoms with Crippen LogP contribution in [0.4, 0.5) is 0 Å². The number of nitrogens with two attached hydrogens (primary N) is 1. The molecule has 0 aliphatic rings. The number of hydrogen-bond donors (Lipinski definition) is 3. The Morgan fingerprint density at radius 1 is 1.50 bits per heavy atom. The fraction of sp³-hybridized carbons (Fsp3) is 0.444. The predicted molar refractivity (Wildman–Crippen MR) is 55.4 cm³/mol. The molecule has 0 saturated heterocycles. The van der Waals surface area contributed by atoms with E-state index in [1.54, 1.807) is 20.8 Å². The van der Waals surface area contributed by atoms with Crippen LogP contribution in [0.5, 0.6) is 0 Å². The third kappa shape index (κ3) is 3.06. The maximum absolute atomic E-state index is 11.5. The first-order valence-electron chi connectivity index (χ1n) is 4.63. The second-order valence-corrected chi connectivity index (χ2v) is 4.12. The molecule has 7 nitrogen and oxygen atoms in total. The highest BCUT2D eigenvalue weighted by Crippen LogP contribution is 2.10. The molecule has 0 fully saturated rings. The molecule has 0 saturated carbocycles. The van der Waals surface area contributed by atoms with Gasteiger partial charge in [0, 0.05) is 0 Å². The smallest absolute Gasteiger partial charge is 0.356 e. The minimum atomic E-state index is -0.602. The van der Waals surface area contributed by atoms with Crippen molar-refractivity contribution in [1.82, 2.24) is 15.4 Å². The molecule has 7 heteroatoms. The Morgan fingerprint density at radius 2 is 2.12 bits per heavy atom. The van der Waals surface area contributed by atoms with Crippen molar-refractivity contribution in [2.45, 2.75) is 26.4 Å². The van der Waals surface area contributed by atoms with Gasteiger partial charge in [0.1, 0.15) is 11.3 Å². The molecule has 0 bridgehead atoms. The first-order chi connectivity index (χ1) is 7.33. The minimum Gasteiger partial charge on any atom is -0.455 e. The van der Waals surface area contributed by atoms with Crippen LogP contribution in [0.3, 0.4) is 0 Å². The van der Waals surface area contributed by atoms with E-state index in [9.17, 15) is 9.59 Å². The van der Waals surface area contributed by atoms with Crippen molar-refractivity contribution >= 4 is 11.9 Å². The highest BCUT2D eigenvalue weighted by molar-refractivity contribution is 5.93. The lowest BCUT2D eigenvalue weighted by Gasteiger charge is -2.18. The average molecular weight is 226 g/mol. The summed E-state index contributed by atoms with van der Waals surface area (Å²) in [5, 5.41) is 0. The molecule has 0 aliphatic heterocycles. The number of imidazole rings is 1. The zero-order valence-electron chi connectivity index (χ0n) is 9.33. The summed E-state index contributed by atoms with van der Waals surface area (Å²) in [5.41, 5.74) is 1.40. The monoisotopic (exact) mass is 226 g/mol. The van der Waals surface area contributed by atoms with Crippen LogP contribution in [0.1, 0.15) is 41.9 Å². The van der Waals surface area contributed by atoms with Gasteiger partial charge < -0.3 is 9.72 Å². The summed E-state index contributed by atoms with van der Waals surface area (Å²) in [5.74, 6) is 3.70. The summed E-state index contributed by atoms with van der Waals surface area (Å²) in [6.45, 7) is 5.23. The zero-order chi connectivity index (χ0) is 12.3. The highest BCUT2D eigenvalue weighted by Gasteiger charge is 2.20. The Bertz CT molecular complexity index is 405. The van der Waals surface area contributed by atoms with E-state index in [4.69, 9.17) is 10.6 Å². The molecule has 1 aromatic heterocycles. The van der Waals surface area contributed by atoms with E-state index >= 15 is 0 Å². The number of nitrogens with zero attached hydrogens (tertiary/aromatic N) is 1. The summed E-state index contributed by atoms with van der Waals surface area (Å²) in [6.07, 6.45) is 1.22. The molecule has 1 rings (SSSR count). The van der Waals surface area contributed by atoms with Crippen molar-refractivity contribution in [3.63, 3.8) is 0 Å². The largest absolute Gasteiger partial charge is 0.455 e. The van der Waals surface area contributed by atoms with Crippen molar-refractivity contribution in [1.29, 1.82) is 0 Å². The van der Waals surface area contributed by atoms with E-state index in [1.165, 1.54) is 6.20 Å². The van der Waals surface area contributed by atoms with Crippen LogP contribution < -0.4 is 11.3 Å². The lowest BCUT2D eigenvalue weighted by Crippen LogP contribution is -2.31. The summed E-state index contributed by atoms with van der Waals surface area (Å²) in [7, 11) is 0. The van der Waals surface area contributed by atoms with Gasteiger partial charge in [-0.25, -0.2) is 15.6 Å². The first kappa shape index (κ1) is 12.2. The van der Waals surface area contributed by atoms with Gasteiger partial charge in [-0.1, -0.05) is 0 Å². The number of hydrazine groups is 1. The molecule has 4 N–H and O–H groups in total. The SMILES string of the molecule is CC(C)(C)OC(=O)c1cnc(C(=O)NN)[nH]1. The van der Waals surface area contributed by atoms with Crippen LogP contribution >= 0.6 is 0 Å². The van der Waals surface area contributed by atoms with Crippen LogP contribution in [-0.4, -0.2) is 27.4 Å². The van der Waals surface area contributed by atoms with Gasteiger partial charge in [-0.15, -0.1) is 0 Å². The van der Waals surface area contributed by atoms with E-state index in [-0.39, 0.29) is 11.5 Å². The number of amides is 1. The van der Waals surface area contributed by atoms with Gasteiger partial charge in [0.25, 0.3) is 0 Å². The number of H-pyrrole nitrogens is 1. The zero-order valence-corrected chi connectivity index (χ0v) is 9.33. The first-order valence-corrected chi connectivity index (χ1v) is 4.63. The van der Waals surface area contributed by atoms with Gasteiger partial charge in [0.2, 0.25) is 0 Å². The van der Waals surface area contributed by atoms with E-state index in [2.05, 4.69) is 9.97 Å². The Labute approximate surface area is 92.3 Å². The van der Waals surface area contributed by atoms with E-state index < -0.39 is 17.5 Å². The highest BCUT2D eigenvalue weighted by atomic mass is 16.6. The lowest BCUT2D eigenvalue weighted by molar-refractivity contribution is 0.00634. The topological polar surface area (TPSA) is 110 Å². The van der Waals surface area contributed by atoms with E-state index in [0.717, 1.165) is 0 Å². The van der Waals surface area contributed by atoms with E-state index in [1.807, 2.05) is 5.43 Å². The quantitative estimate of drug-likeness (QED) is 0.284. The van der Waals surface area contributed by atoms with Gasteiger partial charge in [0.05, 0.1) is 6.20 Å². The molecule has 0 radical (unpaired) electrons. The number of hydrogen-bond acceptors (Lipinski definition) is 5. The fourth-order valence-electron chi connectivity index (χ4n) is 0.942. The summed E-state index contributed by atoms with van der Waals surface area (Å²) < 4.78 is 5.08. The fourth-order valence-corrected chi connectivity index (χ4v) is 0.942. The molecule has 16 heavy (non-hydrogen) atoms. The molecule has 0 atom stereocenters. The number of aromatic nitrogens is 2. The standard InChI is InChI=1S/C9H14N4O3/c1-9(2,3)16-8(15)5-4-11-6(12-5)7(14)13-10/h4H,10H2,1-3H3,(H,11,12)(H,13,14). The second kappa shape index (κ2) is 4.31. The third-order valence-corrected chi connectivity index (χ3v) is 1.54. The van der Waals surface area contributed by atoms with Crippen LogP contribution in [0.15, 0.2) is 6.20 Å². The molecule has 0 unspecified atom stereocenters. The number of nitrogen functional groups attached to an aromatic ring is 1. The van der Waals surface area contributed by atoms with Gasteiger partial charge in [-0.05, 0) is 20.8 Å². The Kier molecular flexibility index (Phi) is 3.28. The molecule has 1 amide bonds. The van der Waals surface area contributed by atoms with Crippen LogP contribution in [-0.2, 0) is 4.74 Å². The molecule has 1 aromatic rings. The Balaban J connectivity index is 2.78. The number of carbonyl (C=O) groups is 2. The molecular formula is C9H14N4O3. The number of carbonyl (C=O) groups excluding carboxylic acids is 2. The van der Waals surface area contributed by atoms with Crippen molar-refractivity contribution in [3.05, 3.63) is 17.7 Å². The number of nitrogens with one attached hydrogen (secondary N) is 2. The minimum absolute atomic E-state index is 0.0386. The lowest BCUT2D eigenvalue weighted by atomic mass is 10.2. The molecular weight excluding hydrogens is 212 g/mol. The number of esters is 1. The van der Waals surface area contributed by atoms with Gasteiger partial charge >= 0.3 is 11.9 Å². The van der Waals surface area contributed by atoms with Crippen molar-refractivity contribution in [2.75, 3.05) is 0 Å². The molecule has 88 valence electrons. The van der Waals surface area contributed by atoms with Crippen LogP contribution in [0.2, 0.25) is 0 Å². The Hall–Kier alpha value is -1.89. The summed E-state index contributed by atoms with van der Waals surface area (Å²) >= 11 is 0. The number of ether oxygens (including phenoxy) is 1. The average Bonchev–Trinajstić information content (AvgIpc) is 2.62. The normalized spacial score (nSPS) is 11.0. The second-order valence-electron chi connectivity index (χ2n) is 4.12. The maximum atomic E-state index is 11.5. The molecule has 1 heterocycles. The molecule has 0 aliphatic carbocycles.